The van der Waals surface area contributed by atoms with Crippen LogP contribution < -0.4 is 0 Å². The summed E-state index contributed by atoms with van der Waals surface area (Å²) in [5.41, 5.74) is 1.20. The first-order valence-electron chi connectivity index (χ1n) is 4.50. The van der Waals surface area contributed by atoms with Gasteiger partial charge in [0, 0.05) is 5.33 Å². The zero-order valence-corrected chi connectivity index (χ0v) is 9.58. The Labute approximate surface area is 87.9 Å². The Morgan fingerprint density at radius 1 is 1.38 bits per heavy atom. The second-order valence-electron chi connectivity index (χ2n) is 3.52. The standard InChI is InChI=1S/C11H15BrO/c1-8(7-12)9(2)10-4-3-5-11(13)6-10/h3-6,8-9,13H,7H2,1-2H3. The van der Waals surface area contributed by atoms with Crippen molar-refractivity contribution in [3.63, 3.8) is 0 Å². The van der Waals surface area contributed by atoms with E-state index < -0.39 is 0 Å². The Kier molecular flexibility index (Phi) is 3.79. The largest absolute Gasteiger partial charge is 0.508 e. The highest BCUT2D eigenvalue weighted by atomic mass is 79.9. The molecule has 2 atom stereocenters. The first-order chi connectivity index (χ1) is 6.15. The van der Waals surface area contributed by atoms with E-state index in [0.717, 1.165) is 5.33 Å². The summed E-state index contributed by atoms with van der Waals surface area (Å²) in [6.07, 6.45) is 0. The maximum absolute atomic E-state index is 9.30. The number of aromatic hydroxyl groups is 1. The van der Waals surface area contributed by atoms with Gasteiger partial charge in [-0.3, -0.25) is 0 Å². The van der Waals surface area contributed by atoms with Crippen LogP contribution in [0.5, 0.6) is 5.75 Å². The number of hydrogen-bond donors (Lipinski definition) is 1. The molecule has 1 aromatic carbocycles. The van der Waals surface area contributed by atoms with Gasteiger partial charge < -0.3 is 5.11 Å². The molecule has 0 amide bonds. The van der Waals surface area contributed by atoms with Crippen molar-refractivity contribution in [2.45, 2.75) is 19.8 Å². The molecule has 72 valence electrons. The molecule has 0 heterocycles. The van der Waals surface area contributed by atoms with Crippen molar-refractivity contribution < 1.29 is 5.11 Å². The van der Waals surface area contributed by atoms with Gasteiger partial charge in [0.15, 0.2) is 0 Å². The highest BCUT2D eigenvalue weighted by molar-refractivity contribution is 9.09. The van der Waals surface area contributed by atoms with Crippen molar-refractivity contribution >= 4 is 15.9 Å². The van der Waals surface area contributed by atoms with E-state index in [4.69, 9.17) is 0 Å². The second kappa shape index (κ2) is 4.66. The lowest BCUT2D eigenvalue weighted by molar-refractivity contribution is 0.471. The molecule has 0 aliphatic heterocycles. The first kappa shape index (κ1) is 10.6. The summed E-state index contributed by atoms with van der Waals surface area (Å²) >= 11 is 3.47. The lowest BCUT2D eigenvalue weighted by Gasteiger charge is -2.17. The highest BCUT2D eigenvalue weighted by Crippen LogP contribution is 2.27. The Hall–Kier alpha value is -0.500. The molecule has 1 N–H and O–H groups in total. The number of halogens is 1. The fourth-order valence-electron chi connectivity index (χ4n) is 1.27. The molecular formula is C11H15BrO. The normalized spacial score (nSPS) is 15.3. The quantitative estimate of drug-likeness (QED) is 0.805. The van der Waals surface area contributed by atoms with Gasteiger partial charge in [0.05, 0.1) is 0 Å². The van der Waals surface area contributed by atoms with Crippen LogP contribution in [-0.4, -0.2) is 10.4 Å². The molecular weight excluding hydrogens is 228 g/mol. The molecule has 1 rings (SSSR count). The predicted octanol–water partition coefficient (Wildman–Crippen LogP) is 3.53. The summed E-state index contributed by atoms with van der Waals surface area (Å²) in [4.78, 5) is 0. The lowest BCUT2D eigenvalue weighted by atomic mass is 9.90. The number of phenolic OH excluding ortho intramolecular Hbond substituents is 1. The Bertz CT molecular complexity index is 273. The Balaban J connectivity index is 2.82. The molecule has 0 aromatic heterocycles. The maximum Gasteiger partial charge on any atom is 0.115 e. The lowest BCUT2D eigenvalue weighted by Crippen LogP contribution is -2.06. The van der Waals surface area contributed by atoms with E-state index >= 15 is 0 Å². The van der Waals surface area contributed by atoms with Crippen LogP contribution in [0.4, 0.5) is 0 Å². The zero-order valence-electron chi connectivity index (χ0n) is 8.00. The molecule has 0 fully saturated rings. The van der Waals surface area contributed by atoms with E-state index in [1.807, 2.05) is 12.1 Å². The Morgan fingerprint density at radius 3 is 2.62 bits per heavy atom. The number of phenols is 1. The zero-order chi connectivity index (χ0) is 9.84. The van der Waals surface area contributed by atoms with Crippen LogP contribution in [-0.2, 0) is 0 Å². The van der Waals surface area contributed by atoms with E-state index in [-0.39, 0.29) is 0 Å². The van der Waals surface area contributed by atoms with E-state index in [0.29, 0.717) is 17.6 Å². The summed E-state index contributed by atoms with van der Waals surface area (Å²) < 4.78 is 0. The van der Waals surface area contributed by atoms with E-state index in [2.05, 4.69) is 35.8 Å². The fraction of sp³-hybridized carbons (Fsp3) is 0.455. The van der Waals surface area contributed by atoms with Crippen molar-refractivity contribution in [1.29, 1.82) is 0 Å². The topological polar surface area (TPSA) is 20.2 Å². The monoisotopic (exact) mass is 242 g/mol. The Morgan fingerprint density at radius 2 is 2.08 bits per heavy atom. The van der Waals surface area contributed by atoms with Crippen LogP contribution in [0.15, 0.2) is 24.3 Å². The van der Waals surface area contributed by atoms with E-state index in [9.17, 15) is 5.11 Å². The molecule has 0 bridgehead atoms. The molecule has 2 heteroatoms. The summed E-state index contributed by atoms with van der Waals surface area (Å²) in [5.74, 6) is 1.42. The van der Waals surface area contributed by atoms with Crippen LogP contribution in [0.3, 0.4) is 0 Å². The van der Waals surface area contributed by atoms with Gasteiger partial charge in [-0.15, -0.1) is 0 Å². The summed E-state index contributed by atoms with van der Waals surface area (Å²) in [6, 6.07) is 7.49. The third-order valence-electron chi connectivity index (χ3n) is 2.49. The molecule has 0 spiro atoms. The van der Waals surface area contributed by atoms with Crippen LogP contribution in [0, 0.1) is 5.92 Å². The van der Waals surface area contributed by atoms with Crippen molar-refractivity contribution in [2.75, 3.05) is 5.33 Å². The first-order valence-corrected chi connectivity index (χ1v) is 5.62. The molecule has 0 aliphatic rings. The van der Waals surface area contributed by atoms with Gasteiger partial charge in [0.2, 0.25) is 0 Å². The van der Waals surface area contributed by atoms with Gasteiger partial charge in [-0.25, -0.2) is 0 Å². The predicted molar refractivity (Wildman–Crippen MR) is 59.5 cm³/mol. The summed E-state index contributed by atoms with van der Waals surface area (Å²) in [6.45, 7) is 4.38. The average Bonchev–Trinajstić information content (AvgIpc) is 2.15. The molecule has 0 saturated heterocycles. The van der Waals surface area contributed by atoms with Crippen LogP contribution in [0.2, 0.25) is 0 Å². The SMILES string of the molecule is CC(CBr)C(C)c1cccc(O)c1. The summed E-state index contributed by atoms with van der Waals surface area (Å²) in [5, 5.41) is 10.3. The molecule has 0 radical (unpaired) electrons. The van der Waals surface area contributed by atoms with Gasteiger partial charge in [0.25, 0.3) is 0 Å². The number of benzene rings is 1. The molecule has 0 aliphatic carbocycles. The van der Waals surface area contributed by atoms with Crippen molar-refractivity contribution in [3.8, 4) is 5.75 Å². The molecule has 13 heavy (non-hydrogen) atoms. The third kappa shape index (κ3) is 2.73. The number of alkyl halides is 1. The molecule has 0 saturated carbocycles. The molecule has 1 nitrogen and oxygen atoms in total. The minimum Gasteiger partial charge on any atom is -0.508 e. The van der Waals surface area contributed by atoms with E-state index in [1.165, 1.54) is 5.56 Å². The number of rotatable bonds is 3. The van der Waals surface area contributed by atoms with Crippen LogP contribution in [0.1, 0.15) is 25.3 Å². The minimum atomic E-state index is 0.353. The average molecular weight is 243 g/mol. The highest BCUT2D eigenvalue weighted by Gasteiger charge is 2.12. The second-order valence-corrected chi connectivity index (χ2v) is 4.16. The fourth-order valence-corrected chi connectivity index (χ4v) is 1.83. The van der Waals surface area contributed by atoms with E-state index in [1.54, 1.807) is 6.07 Å². The van der Waals surface area contributed by atoms with Gasteiger partial charge >= 0.3 is 0 Å². The maximum atomic E-state index is 9.30. The number of hydrogen-bond acceptors (Lipinski definition) is 1. The van der Waals surface area contributed by atoms with Crippen LogP contribution in [0.25, 0.3) is 0 Å². The van der Waals surface area contributed by atoms with Crippen molar-refractivity contribution in [2.24, 2.45) is 5.92 Å². The van der Waals surface area contributed by atoms with Gasteiger partial charge in [-0.05, 0) is 29.5 Å². The minimum absolute atomic E-state index is 0.353. The smallest absolute Gasteiger partial charge is 0.115 e. The summed E-state index contributed by atoms with van der Waals surface area (Å²) in [7, 11) is 0. The van der Waals surface area contributed by atoms with Crippen LogP contribution >= 0.6 is 15.9 Å². The molecule has 2 unspecified atom stereocenters. The molecule has 1 aromatic rings. The van der Waals surface area contributed by atoms with Crippen molar-refractivity contribution in [3.05, 3.63) is 29.8 Å². The van der Waals surface area contributed by atoms with Gasteiger partial charge in [-0.2, -0.15) is 0 Å². The van der Waals surface area contributed by atoms with Crippen molar-refractivity contribution in [1.82, 2.24) is 0 Å². The third-order valence-corrected chi connectivity index (χ3v) is 3.51. The van der Waals surface area contributed by atoms with Gasteiger partial charge in [0.1, 0.15) is 5.75 Å². The van der Waals surface area contributed by atoms with Gasteiger partial charge in [-0.1, -0.05) is 41.9 Å².